The summed E-state index contributed by atoms with van der Waals surface area (Å²) in [5.74, 6) is -0.190. The number of aromatic nitrogens is 1. The first kappa shape index (κ1) is 11.2. The standard InChI is InChI=1S/C12H13FN2S/c1-8-12(16-11(15-8)7-14-2)9-5-3-4-6-10(9)13/h3-6,14H,7H2,1-2H3. The van der Waals surface area contributed by atoms with Gasteiger partial charge in [0.15, 0.2) is 0 Å². The Morgan fingerprint density at radius 2 is 2.12 bits per heavy atom. The number of benzene rings is 1. The normalized spacial score (nSPS) is 10.7. The first-order valence-corrected chi connectivity index (χ1v) is 5.90. The van der Waals surface area contributed by atoms with E-state index in [1.54, 1.807) is 12.1 Å². The summed E-state index contributed by atoms with van der Waals surface area (Å²) in [4.78, 5) is 5.33. The molecule has 1 N–H and O–H groups in total. The van der Waals surface area contributed by atoms with Crippen LogP contribution < -0.4 is 5.32 Å². The topological polar surface area (TPSA) is 24.9 Å². The number of halogens is 1. The van der Waals surface area contributed by atoms with Crippen molar-refractivity contribution in [1.82, 2.24) is 10.3 Å². The van der Waals surface area contributed by atoms with E-state index in [2.05, 4.69) is 10.3 Å². The van der Waals surface area contributed by atoms with Gasteiger partial charge in [0.1, 0.15) is 10.8 Å². The molecule has 1 aromatic carbocycles. The van der Waals surface area contributed by atoms with Gasteiger partial charge in [0.25, 0.3) is 0 Å². The van der Waals surface area contributed by atoms with Crippen molar-refractivity contribution < 1.29 is 4.39 Å². The molecule has 0 atom stereocenters. The van der Waals surface area contributed by atoms with E-state index in [-0.39, 0.29) is 5.82 Å². The second kappa shape index (κ2) is 4.72. The van der Waals surface area contributed by atoms with E-state index >= 15 is 0 Å². The van der Waals surface area contributed by atoms with Crippen molar-refractivity contribution >= 4 is 11.3 Å². The van der Waals surface area contributed by atoms with Gasteiger partial charge in [-0.2, -0.15) is 0 Å². The second-order valence-corrected chi connectivity index (χ2v) is 4.62. The molecule has 0 fully saturated rings. The summed E-state index contributed by atoms with van der Waals surface area (Å²) in [7, 11) is 1.87. The van der Waals surface area contributed by atoms with Crippen molar-refractivity contribution in [1.29, 1.82) is 0 Å². The number of nitrogens with one attached hydrogen (secondary N) is 1. The highest BCUT2D eigenvalue weighted by atomic mass is 32.1. The van der Waals surface area contributed by atoms with E-state index < -0.39 is 0 Å². The summed E-state index contributed by atoms with van der Waals surface area (Å²) in [6.45, 7) is 2.64. The number of hydrogen-bond acceptors (Lipinski definition) is 3. The summed E-state index contributed by atoms with van der Waals surface area (Å²) in [6, 6.07) is 6.81. The quantitative estimate of drug-likeness (QED) is 0.886. The lowest BCUT2D eigenvalue weighted by Gasteiger charge is -1.99. The van der Waals surface area contributed by atoms with Crippen LogP contribution in [0.1, 0.15) is 10.7 Å². The molecule has 0 unspecified atom stereocenters. The summed E-state index contributed by atoms with van der Waals surface area (Å²) >= 11 is 1.54. The van der Waals surface area contributed by atoms with Gasteiger partial charge in [-0.25, -0.2) is 9.37 Å². The predicted octanol–water partition coefficient (Wildman–Crippen LogP) is 2.98. The van der Waals surface area contributed by atoms with Gasteiger partial charge in [-0.15, -0.1) is 11.3 Å². The smallest absolute Gasteiger partial charge is 0.131 e. The molecule has 0 aliphatic carbocycles. The minimum absolute atomic E-state index is 0.190. The molecule has 0 bridgehead atoms. The minimum Gasteiger partial charge on any atom is -0.314 e. The molecule has 2 nitrogen and oxygen atoms in total. The fourth-order valence-electron chi connectivity index (χ4n) is 1.57. The Kier molecular flexibility index (Phi) is 3.31. The van der Waals surface area contributed by atoms with Crippen molar-refractivity contribution in [2.75, 3.05) is 7.05 Å². The molecule has 0 spiro atoms. The first-order valence-electron chi connectivity index (χ1n) is 5.08. The third kappa shape index (κ3) is 2.13. The van der Waals surface area contributed by atoms with Crippen LogP contribution in [0.5, 0.6) is 0 Å². The zero-order valence-corrected chi connectivity index (χ0v) is 10.1. The van der Waals surface area contributed by atoms with Gasteiger partial charge in [0, 0.05) is 12.1 Å². The summed E-state index contributed by atoms with van der Waals surface area (Å²) in [5.41, 5.74) is 1.53. The number of nitrogens with zero attached hydrogens (tertiary/aromatic N) is 1. The van der Waals surface area contributed by atoms with Gasteiger partial charge >= 0.3 is 0 Å². The third-order valence-corrected chi connectivity index (χ3v) is 3.48. The molecule has 1 heterocycles. The van der Waals surface area contributed by atoms with E-state index in [4.69, 9.17) is 0 Å². The zero-order valence-electron chi connectivity index (χ0n) is 9.25. The van der Waals surface area contributed by atoms with Gasteiger partial charge in [-0.3, -0.25) is 0 Å². The Hall–Kier alpha value is -1.26. The van der Waals surface area contributed by atoms with Crippen molar-refractivity contribution in [2.45, 2.75) is 13.5 Å². The van der Waals surface area contributed by atoms with E-state index in [1.807, 2.05) is 20.0 Å². The highest BCUT2D eigenvalue weighted by molar-refractivity contribution is 7.15. The van der Waals surface area contributed by atoms with Crippen molar-refractivity contribution in [3.8, 4) is 10.4 Å². The monoisotopic (exact) mass is 236 g/mol. The highest BCUT2D eigenvalue weighted by Crippen LogP contribution is 2.31. The van der Waals surface area contributed by atoms with Crippen molar-refractivity contribution in [2.24, 2.45) is 0 Å². The van der Waals surface area contributed by atoms with Gasteiger partial charge in [0.05, 0.1) is 10.6 Å². The largest absolute Gasteiger partial charge is 0.314 e. The molecule has 0 saturated heterocycles. The van der Waals surface area contributed by atoms with Crippen LogP contribution >= 0.6 is 11.3 Å². The van der Waals surface area contributed by atoms with Crippen LogP contribution in [0.4, 0.5) is 4.39 Å². The van der Waals surface area contributed by atoms with Crippen LogP contribution in [0.25, 0.3) is 10.4 Å². The Balaban J connectivity index is 2.44. The van der Waals surface area contributed by atoms with E-state index in [9.17, 15) is 4.39 Å². The maximum absolute atomic E-state index is 13.6. The third-order valence-electron chi connectivity index (χ3n) is 2.29. The molecule has 4 heteroatoms. The molecule has 2 rings (SSSR count). The van der Waals surface area contributed by atoms with Crippen LogP contribution in [0.3, 0.4) is 0 Å². The van der Waals surface area contributed by atoms with Crippen LogP contribution in [0.15, 0.2) is 24.3 Å². The molecule has 2 aromatic rings. The maximum atomic E-state index is 13.6. The van der Waals surface area contributed by atoms with Gasteiger partial charge < -0.3 is 5.32 Å². The molecular weight excluding hydrogens is 223 g/mol. The highest BCUT2D eigenvalue weighted by Gasteiger charge is 2.12. The second-order valence-electron chi connectivity index (χ2n) is 3.53. The van der Waals surface area contributed by atoms with Gasteiger partial charge in [0.2, 0.25) is 0 Å². The Morgan fingerprint density at radius 1 is 1.38 bits per heavy atom. The number of thiazole rings is 1. The van der Waals surface area contributed by atoms with Crippen LogP contribution in [-0.2, 0) is 6.54 Å². The predicted molar refractivity (Wildman–Crippen MR) is 65.0 cm³/mol. The number of hydrogen-bond donors (Lipinski definition) is 1. The van der Waals surface area contributed by atoms with E-state index in [0.29, 0.717) is 5.56 Å². The fraction of sp³-hybridized carbons (Fsp3) is 0.250. The summed E-state index contributed by atoms with van der Waals surface area (Å²) in [6.07, 6.45) is 0. The molecule has 84 valence electrons. The Bertz CT molecular complexity index is 494. The average molecular weight is 236 g/mol. The van der Waals surface area contributed by atoms with Crippen LogP contribution in [0, 0.1) is 12.7 Å². The van der Waals surface area contributed by atoms with E-state index in [1.165, 1.54) is 17.4 Å². The molecule has 1 aromatic heterocycles. The molecule has 0 radical (unpaired) electrons. The zero-order chi connectivity index (χ0) is 11.5. The van der Waals surface area contributed by atoms with Crippen LogP contribution in [0.2, 0.25) is 0 Å². The number of rotatable bonds is 3. The average Bonchev–Trinajstić information content (AvgIpc) is 2.61. The molecular formula is C12H13FN2S. The molecule has 0 aliphatic rings. The fourth-order valence-corrected chi connectivity index (χ4v) is 2.68. The molecule has 0 aliphatic heterocycles. The van der Waals surface area contributed by atoms with Gasteiger partial charge in [-0.1, -0.05) is 18.2 Å². The maximum Gasteiger partial charge on any atom is 0.131 e. The number of aryl methyl sites for hydroxylation is 1. The SMILES string of the molecule is CNCc1nc(C)c(-c2ccccc2F)s1. The van der Waals surface area contributed by atoms with Crippen molar-refractivity contribution in [3.63, 3.8) is 0 Å². The Labute approximate surface area is 98.2 Å². The molecule has 16 heavy (non-hydrogen) atoms. The van der Waals surface area contributed by atoms with Crippen LogP contribution in [-0.4, -0.2) is 12.0 Å². The Morgan fingerprint density at radius 3 is 2.81 bits per heavy atom. The first-order chi connectivity index (χ1) is 7.72. The lowest BCUT2D eigenvalue weighted by molar-refractivity contribution is 0.631. The molecule has 0 saturated carbocycles. The lowest BCUT2D eigenvalue weighted by Crippen LogP contribution is -2.04. The lowest BCUT2D eigenvalue weighted by atomic mass is 10.1. The minimum atomic E-state index is -0.190. The molecule has 0 amide bonds. The summed E-state index contributed by atoms with van der Waals surface area (Å²) in [5, 5.41) is 4.03. The summed E-state index contributed by atoms with van der Waals surface area (Å²) < 4.78 is 13.6. The van der Waals surface area contributed by atoms with E-state index in [0.717, 1.165) is 22.1 Å². The van der Waals surface area contributed by atoms with Crippen molar-refractivity contribution in [3.05, 3.63) is 40.8 Å². The van der Waals surface area contributed by atoms with Gasteiger partial charge in [-0.05, 0) is 20.0 Å².